The van der Waals surface area contributed by atoms with Crippen LogP contribution in [0.4, 0.5) is 5.95 Å². The van der Waals surface area contributed by atoms with Gasteiger partial charge < -0.3 is 11.1 Å². The van der Waals surface area contributed by atoms with E-state index in [1.165, 1.54) is 12.8 Å². The maximum Gasteiger partial charge on any atom is 0.223 e. The maximum absolute atomic E-state index is 5.51. The molecule has 1 unspecified atom stereocenters. The van der Waals surface area contributed by atoms with Crippen molar-refractivity contribution in [2.24, 2.45) is 17.6 Å². The number of hydrogen-bond acceptors (Lipinski definition) is 4. The molecule has 3 N–H and O–H groups in total. The minimum absolute atomic E-state index is 0.306. The van der Waals surface area contributed by atoms with Gasteiger partial charge in [0.1, 0.15) is 10.7 Å². The van der Waals surface area contributed by atoms with Crippen LogP contribution >= 0.6 is 12.2 Å². The molecule has 2 rings (SSSR count). The summed E-state index contributed by atoms with van der Waals surface area (Å²) in [5.74, 6) is 2.17. The van der Waals surface area contributed by atoms with Crippen LogP contribution in [0.2, 0.25) is 0 Å². The summed E-state index contributed by atoms with van der Waals surface area (Å²) in [5, 5.41) is 3.22. The number of aromatic nitrogens is 2. The van der Waals surface area contributed by atoms with Crippen molar-refractivity contribution in [2.45, 2.75) is 19.8 Å². The molecule has 0 spiro atoms. The predicted octanol–water partition coefficient (Wildman–Crippen LogP) is 1.57. The van der Waals surface area contributed by atoms with Crippen molar-refractivity contribution in [1.82, 2.24) is 9.97 Å². The Hall–Kier alpha value is -1.23. The molecule has 0 aliphatic heterocycles. The normalized spacial score (nSPS) is 16.8. The van der Waals surface area contributed by atoms with Crippen molar-refractivity contribution in [3.63, 3.8) is 0 Å². The van der Waals surface area contributed by atoms with E-state index in [0.29, 0.717) is 22.5 Å². The molecule has 1 aliphatic rings. The monoisotopic (exact) mass is 236 g/mol. The first-order valence-electron chi connectivity index (χ1n) is 5.53. The second kappa shape index (κ2) is 4.74. The molecule has 16 heavy (non-hydrogen) atoms. The van der Waals surface area contributed by atoms with Crippen molar-refractivity contribution in [1.29, 1.82) is 0 Å². The summed E-state index contributed by atoms with van der Waals surface area (Å²) in [7, 11) is 0. The lowest BCUT2D eigenvalue weighted by molar-refractivity contribution is 0.535. The number of rotatable bonds is 5. The van der Waals surface area contributed by atoms with Gasteiger partial charge in [-0.2, -0.15) is 0 Å². The second-order valence-corrected chi connectivity index (χ2v) is 4.77. The lowest BCUT2D eigenvalue weighted by atomic mass is 10.1. The lowest BCUT2D eigenvalue weighted by Gasteiger charge is -2.11. The Balaban J connectivity index is 1.92. The molecule has 1 saturated carbocycles. The maximum atomic E-state index is 5.51. The van der Waals surface area contributed by atoms with Crippen LogP contribution in [0.15, 0.2) is 12.3 Å². The van der Waals surface area contributed by atoms with Crippen LogP contribution in [0.1, 0.15) is 25.5 Å². The van der Waals surface area contributed by atoms with Crippen molar-refractivity contribution in [3.8, 4) is 0 Å². The molecule has 86 valence electrons. The van der Waals surface area contributed by atoms with Crippen LogP contribution in [0.5, 0.6) is 0 Å². The first kappa shape index (κ1) is 11.3. The van der Waals surface area contributed by atoms with Gasteiger partial charge in [0.15, 0.2) is 0 Å². The van der Waals surface area contributed by atoms with Gasteiger partial charge >= 0.3 is 0 Å². The van der Waals surface area contributed by atoms with E-state index in [1.807, 2.05) is 0 Å². The average Bonchev–Trinajstić information content (AvgIpc) is 3.10. The molecule has 0 saturated heterocycles. The highest BCUT2D eigenvalue weighted by atomic mass is 32.1. The van der Waals surface area contributed by atoms with Crippen LogP contribution in [0, 0.1) is 11.8 Å². The summed E-state index contributed by atoms with van der Waals surface area (Å²) in [4.78, 5) is 8.68. The summed E-state index contributed by atoms with van der Waals surface area (Å²) in [5.41, 5.74) is 6.13. The fraction of sp³-hybridized carbons (Fsp3) is 0.545. The Morgan fingerprint density at radius 3 is 3.06 bits per heavy atom. The minimum atomic E-state index is 0.306. The Morgan fingerprint density at radius 1 is 1.69 bits per heavy atom. The van der Waals surface area contributed by atoms with Gasteiger partial charge in [-0.15, -0.1) is 0 Å². The zero-order valence-electron chi connectivity index (χ0n) is 9.31. The van der Waals surface area contributed by atoms with Crippen molar-refractivity contribution >= 4 is 23.2 Å². The summed E-state index contributed by atoms with van der Waals surface area (Å²) < 4.78 is 0. The fourth-order valence-electron chi connectivity index (χ4n) is 1.67. The van der Waals surface area contributed by atoms with E-state index in [0.717, 1.165) is 12.5 Å². The van der Waals surface area contributed by atoms with Crippen LogP contribution in [0.25, 0.3) is 0 Å². The van der Waals surface area contributed by atoms with Crippen molar-refractivity contribution in [3.05, 3.63) is 18.0 Å². The van der Waals surface area contributed by atoms with E-state index < -0.39 is 0 Å². The summed E-state index contributed by atoms with van der Waals surface area (Å²) in [6.07, 6.45) is 4.39. The number of nitrogens with two attached hydrogens (primary N) is 1. The van der Waals surface area contributed by atoms with Gasteiger partial charge in [-0.3, -0.25) is 0 Å². The smallest absolute Gasteiger partial charge is 0.223 e. The van der Waals surface area contributed by atoms with Crippen molar-refractivity contribution in [2.75, 3.05) is 11.9 Å². The lowest BCUT2D eigenvalue weighted by Crippen LogP contribution is -2.17. The molecule has 0 radical (unpaired) electrons. The Labute approximate surface area is 101 Å². The predicted molar refractivity (Wildman–Crippen MR) is 68.3 cm³/mol. The molecule has 1 aromatic rings. The third-order valence-electron chi connectivity index (χ3n) is 2.92. The van der Waals surface area contributed by atoms with Crippen LogP contribution in [-0.4, -0.2) is 21.5 Å². The van der Waals surface area contributed by atoms with Gasteiger partial charge in [0, 0.05) is 12.7 Å². The molecule has 1 atom stereocenters. The molecule has 1 aromatic heterocycles. The number of nitrogens with one attached hydrogen (secondary N) is 1. The van der Waals surface area contributed by atoms with Gasteiger partial charge in [0.2, 0.25) is 5.95 Å². The van der Waals surface area contributed by atoms with E-state index in [1.54, 1.807) is 12.3 Å². The topological polar surface area (TPSA) is 63.8 Å². The molecular weight excluding hydrogens is 220 g/mol. The first-order chi connectivity index (χ1) is 7.66. The molecule has 0 bridgehead atoms. The van der Waals surface area contributed by atoms with E-state index in [-0.39, 0.29) is 0 Å². The van der Waals surface area contributed by atoms with E-state index in [9.17, 15) is 0 Å². The zero-order chi connectivity index (χ0) is 11.5. The third-order valence-corrected chi connectivity index (χ3v) is 3.13. The van der Waals surface area contributed by atoms with Gasteiger partial charge in [-0.1, -0.05) is 19.1 Å². The number of anilines is 1. The number of thiocarbonyl (C=S) groups is 1. The molecule has 1 aliphatic carbocycles. The van der Waals surface area contributed by atoms with Gasteiger partial charge in [-0.05, 0) is 30.7 Å². The molecule has 5 heteroatoms. The van der Waals surface area contributed by atoms with Crippen LogP contribution in [-0.2, 0) is 0 Å². The average molecular weight is 236 g/mol. The molecule has 1 fully saturated rings. The standard InChI is InChI=1S/C11H16N4S/c1-7(8-2-3-8)6-14-11-13-5-4-9(15-11)10(12)16/h4-5,7-8H,2-3,6H2,1H3,(H2,12,16)(H,13,14,15). The highest BCUT2D eigenvalue weighted by Gasteiger charge is 2.27. The Kier molecular flexibility index (Phi) is 3.33. The summed E-state index contributed by atoms with van der Waals surface area (Å²) >= 11 is 4.87. The quantitative estimate of drug-likeness (QED) is 0.760. The van der Waals surface area contributed by atoms with Crippen molar-refractivity contribution < 1.29 is 0 Å². The fourth-order valence-corrected chi connectivity index (χ4v) is 1.78. The molecule has 0 amide bonds. The van der Waals surface area contributed by atoms with E-state index in [4.69, 9.17) is 18.0 Å². The third kappa shape index (κ3) is 2.88. The molecule has 4 nitrogen and oxygen atoms in total. The van der Waals surface area contributed by atoms with E-state index in [2.05, 4.69) is 22.2 Å². The molecule has 1 heterocycles. The summed E-state index contributed by atoms with van der Waals surface area (Å²) in [6, 6.07) is 1.72. The summed E-state index contributed by atoms with van der Waals surface area (Å²) in [6.45, 7) is 3.16. The van der Waals surface area contributed by atoms with Gasteiger partial charge in [0.25, 0.3) is 0 Å². The molecular formula is C11H16N4S. The SMILES string of the molecule is CC(CNc1nccc(C(N)=S)n1)C1CC1. The zero-order valence-corrected chi connectivity index (χ0v) is 10.1. The highest BCUT2D eigenvalue weighted by Crippen LogP contribution is 2.36. The largest absolute Gasteiger partial charge is 0.388 e. The molecule has 0 aromatic carbocycles. The second-order valence-electron chi connectivity index (χ2n) is 4.33. The number of nitrogens with zero attached hydrogens (tertiary/aromatic N) is 2. The van der Waals surface area contributed by atoms with Crippen LogP contribution < -0.4 is 11.1 Å². The first-order valence-corrected chi connectivity index (χ1v) is 5.94. The Bertz CT molecular complexity index is 389. The van der Waals surface area contributed by atoms with Gasteiger partial charge in [0.05, 0.1) is 0 Å². The Morgan fingerprint density at radius 2 is 2.44 bits per heavy atom. The minimum Gasteiger partial charge on any atom is -0.388 e. The highest BCUT2D eigenvalue weighted by molar-refractivity contribution is 7.80. The number of hydrogen-bond donors (Lipinski definition) is 2. The van der Waals surface area contributed by atoms with E-state index >= 15 is 0 Å². The van der Waals surface area contributed by atoms with Crippen LogP contribution in [0.3, 0.4) is 0 Å². The van der Waals surface area contributed by atoms with Gasteiger partial charge in [-0.25, -0.2) is 9.97 Å².